The Balaban J connectivity index is 2.51. The molecule has 0 bridgehead atoms. The van der Waals surface area contributed by atoms with Crippen molar-refractivity contribution in [2.75, 3.05) is 0 Å². The fraction of sp³-hybridized carbons (Fsp3) is 0.286. The average molecular weight is 249 g/mol. The van der Waals surface area contributed by atoms with Gasteiger partial charge in [-0.3, -0.25) is 0 Å². The van der Waals surface area contributed by atoms with Crippen molar-refractivity contribution in [3.63, 3.8) is 0 Å². The van der Waals surface area contributed by atoms with Crippen LogP contribution >= 0.6 is 11.3 Å². The molecule has 0 aliphatic heterocycles. The van der Waals surface area contributed by atoms with Crippen LogP contribution in [-0.2, 0) is 0 Å². The Hall–Kier alpha value is -1.19. The van der Waals surface area contributed by atoms with Gasteiger partial charge in [0.05, 0.1) is 6.04 Å². The summed E-state index contributed by atoms with van der Waals surface area (Å²) in [5.74, 6) is -0.208. The number of aryl methyl sites for hydroxylation is 3. The zero-order chi connectivity index (χ0) is 12.6. The van der Waals surface area contributed by atoms with Crippen molar-refractivity contribution in [1.29, 1.82) is 0 Å². The van der Waals surface area contributed by atoms with Crippen molar-refractivity contribution in [3.05, 3.63) is 56.5 Å². The molecule has 1 aromatic carbocycles. The average Bonchev–Trinajstić information content (AvgIpc) is 2.62. The second kappa shape index (κ2) is 4.59. The summed E-state index contributed by atoms with van der Waals surface area (Å²) in [4.78, 5) is 0. The number of thiophene rings is 1. The lowest BCUT2D eigenvalue weighted by molar-refractivity contribution is 0.596. The van der Waals surface area contributed by atoms with Gasteiger partial charge in [0.2, 0.25) is 0 Å². The summed E-state index contributed by atoms with van der Waals surface area (Å²) in [6.07, 6.45) is 0. The molecule has 1 nitrogen and oxygen atoms in total. The van der Waals surface area contributed by atoms with Crippen molar-refractivity contribution in [1.82, 2.24) is 0 Å². The maximum Gasteiger partial charge on any atom is 0.128 e. The minimum absolute atomic E-state index is 0.208. The third-order valence-electron chi connectivity index (χ3n) is 3.02. The van der Waals surface area contributed by atoms with Crippen molar-refractivity contribution >= 4 is 11.3 Å². The van der Waals surface area contributed by atoms with Gasteiger partial charge < -0.3 is 5.73 Å². The van der Waals surface area contributed by atoms with Crippen molar-refractivity contribution < 1.29 is 4.39 Å². The molecule has 0 aliphatic rings. The van der Waals surface area contributed by atoms with E-state index in [-0.39, 0.29) is 11.9 Å². The monoisotopic (exact) mass is 249 g/mol. The molecule has 2 rings (SSSR count). The Morgan fingerprint density at radius 1 is 1.12 bits per heavy atom. The van der Waals surface area contributed by atoms with E-state index in [2.05, 4.69) is 0 Å². The second-order valence-corrected chi connectivity index (χ2v) is 5.21. The summed E-state index contributed by atoms with van der Waals surface area (Å²) in [5.41, 5.74) is 10.8. The van der Waals surface area contributed by atoms with Gasteiger partial charge in [-0.1, -0.05) is 6.07 Å². The van der Waals surface area contributed by atoms with Gasteiger partial charge in [0, 0.05) is 5.56 Å². The molecule has 1 aromatic heterocycles. The first-order valence-electron chi connectivity index (χ1n) is 5.55. The standard InChI is InChI=1S/C14H16FNS/c1-8-4-9(2)13(12(15)5-8)14(16)11-7-17-6-10(11)3/h4-7,14H,16H2,1-3H3. The van der Waals surface area contributed by atoms with Gasteiger partial charge in [0.15, 0.2) is 0 Å². The van der Waals surface area contributed by atoms with Crippen LogP contribution in [-0.4, -0.2) is 0 Å². The second-order valence-electron chi connectivity index (χ2n) is 4.47. The van der Waals surface area contributed by atoms with Crippen molar-refractivity contribution in [2.45, 2.75) is 26.8 Å². The van der Waals surface area contributed by atoms with E-state index in [1.54, 1.807) is 17.4 Å². The zero-order valence-electron chi connectivity index (χ0n) is 10.3. The Labute approximate surface area is 105 Å². The molecule has 0 aliphatic carbocycles. The molecule has 0 spiro atoms. The molecule has 1 atom stereocenters. The minimum atomic E-state index is -0.373. The van der Waals surface area contributed by atoms with E-state index in [1.165, 1.54) is 0 Å². The van der Waals surface area contributed by atoms with Crippen LogP contribution in [0, 0.1) is 26.6 Å². The van der Waals surface area contributed by atoms with Crippen LogP contribution in [0.1, 0.15) is 33.9 Å². The molecule has 90 valence electrons. The molecule has 0 amide bonds. The Morgan fingerprint density at radius 3 is 2.35 bits per heavy atom. The number of halogens is 1. The number of nitrogens with two attached hydrogens (primary N) is 1. The molecular weight excluding hydrogens is 233 g/mol. The lowest BCUT2D eigenvalue weighted by Crippen LogP contribution is -2.15. The highest BCUT2D eigenvalue weighted by atomic mass is 32.1. The van der Waals surface area contributed by atoms with Crippen LogP contribution in [0.25, 0.3) is 0 Å². The number of benzene rings is 1. The van der Waals surface area contributed by atoms with Crippen LogP contribution in [0.15, 0.2) is 22.9 Å². The van der Waals surface area contributed by atoms with Crippen LogP contribution in [0.4, 0.5) is 4.39 Å². The van der Waals surface area contributed by atoms with E-state index in [4.69, 9.17) is 5.73 Å². The van der Waals surface area contributed by atoms with Gasteiger partial charge in [0.25, 0.3) is 0 Å². The fourth-order valence-electron chi connectivity index (χ4n) is 2.17. The van der Waals surface area contributed by atoms with Crippen molar-refractivity contribution in [2.24, 2.45) is 5.73 Å². The molecular formula is C14H16FNS. The van der Waals surface area contributed by atoms with Gasteiger partial charge in [-0.25, -0.2) is 4.39 Å². The summed E-state index contributed by atoms with van der Waals surface area (Å²) < 4.78 is 14.0. The minimum Gasteiger partial charge on any atom is -0.320 e. The molecule has 1 unspecified atom stereocenters. The summed E-state index contributed by atoms with van der Waals surface area (Å²) in [6, 6.07) is 3.14. The number of hydrogen-bond donors (Lipinski definition) is 1. The molecule has 1 heterocycles. The molecule has 0 saturated carbocycles. The molecule has 17 heavy (non-hydrogen) atoms. The third kappa shape index (κ3) is 2.26. The van der Waals surface area contributed by atoms with E-state index in [0.717, 1.165) is 22.3 Å². The topological polar surface area (TPSA) is 26.0 Å². The van der Waals surface area contributed by atoms with Crippen LogP contribution in [0.3, 0.4) is 0 Å². The predicted molar refractivity (Wildman–Crippen MR) is 71.0 cm³/mol. The summed E-state index contributed by atoms with van der Waals surface area (Å²) >= 11 is 1.60. The van der Waals surface area contributed by atoms with E-state index < -0.39 is 0 Å². The first-order chi connectivity index (χ1) is 8.00. The molecule has 3 heteroatoms. The van der Waals surface area contributed by atoms with E-state index in [1.807, 2.05) is 37.6 Å². The Morgan fingerprint density at radius 2 is 1.82 bits per heavy atom. The lowest BCUT2D eigenvalue weighted by Gasteiger charge is -2.16. The maximum atomic E-state index is 14.0. The van der Waals surface area contributed by atoms with E-state index >= 15 is 0 Å². The largest absolute Gasteiger partial charge is 0.320 e. The first-order valence-corrected chi connectivity index (χ1v) is 6.50. The SMILES string of the molecule is Cc1cc(C)c(C(N)c2cscc2C)c(F)c1. The molecule has 0 fully saturated rings. The highest BCUT2D eigenvalue weighted by Gasteiger charge is 2.18. The quantitative estimate of drug-likeness (QED) is 0.859. The lowest BCUT2D eigenvalue weighted by atomic mass is 9.94. The molecule has 2 aromatic rings. The predicted octanol–water partition coefficient (Wildman–Crippen LogP) is 3.86. The zero-order valence-corrected chi connectivity index (χ0v) is 11.1. The molecule has 0 radical (unpaired) electrons. The highest BCUT2D eigenvalue weighted by Crippen LogP contribution is 2.29. The number of hydrogen-bond acceptors (Lipinski definition) is 2. The highest BCUT2D eigenvalue weighted by molar-refractivity contribution is 7.08. The van der Waals surface area contributed by atoms with Crippen LogP contribution in [0.2, 0.25) is 0 Å². The van der Waals surface area contributed by atoms with Gasteiger partial charge in [-0.2, -0.15) is 11.3 Å². The van der Waals surface area contributed by atoms with Crippen molar-refractivity contribution in [3.8, 4) is 0 Å². The van der Waals surface area contributed by atoms with Gasteiger partial charge in [-0.05, 0) is 59.9 Å². The van der Waals surface area contributed by atoms with Gasteiger partial charge >= 0.3 is 0 Å². The maximum absolute atomic E-state index is 14.0. The smallest absolute Gasteiger partial charge is 0.128 e. The van der Waals surface area contributed by atoms with Gasteiger partial charge in [0.1, 0.15) is 5.82 Å². The van der Waals surface area contributed by atoms with Gasteiger partial charge in [-0.15, -0.1) is 0 Å². The third-order valence-corrected chi connectivity index (χ3v) is 3.90. The summed E-state index contributed by atoms with van der Waals surface area (Å²) in [6.45, 7) is 5.81. The Bertz CT molecular complexity index is 522. The Kier molecular flexibility index (Phi) is 3.31. The molecule has 0 saturated heterocycles. The summed E-state index contributed by atoms with van der Waals surface area (Å²) in [5, 5.41) is 4.04. The summed E-state index contributed by atoms with van der Waals surface area (Å²) in [7, 11) is 0. The van der Waals surface area contributed by atoms with E-state index in [9.17, 15) is 4.39 Å². The number of rotatable bonds is 2. The van der Waals surface area contributed by atoms with Crippen LogP contribution < -0.4 is 5.73 Å². The fourth-order valence-corrected chi connectivity index (χ4v) is 3.05. The van der Waals surface area contributed by atoms with Crippen LogP contribution in [0.5, 0.6) is 0 Å². The normalized spacial score (nSPS) is 12.8. The first kappa shape index (κ1) is 12.3. The van der Waals surface area contributed by atoms with E-state index in [0.29, 0.717) is 5.56 Å². The molecule has 2 N–H and O–H groups in total.